The summed E-state index contributed by atoms with van der Waals surface area (Å²) in [5.74, 6) is 1.19. The second kappa shape index (κ2) is 6.52. The van der Waals surface area contributed by atoms with Gasteiger partial charge in [0.1, 0.15) is 0 Å². The maximum Gasteiger partial charge on any atom is 0.358 e. The maximum absolute atomic E-state index is 10.9. The van der Waals surface area contributed by atoms with Gasteiger partial charge in [-0.25, -0.2) is 9.48 Å². The van der Waals surface area contributed by atoms with Gasteiger partial charge < -0.3 is 5.11 Å². The van der Waals surface area contributed by atoms with E-state index in [1.807, 2.05) is 18.7 Å². The Morgan fingerprint density at radius 2 is 2.25 bits per heavy atom. The van der Waals surface area contributed by atoms with Crippen molar-refractivity contribution in [1.29, 1.82) is 0 Å². The summed E-state index contributed by atoms with van der Waals surface area (Å²) in [5, 5.41) is 16.5. The molecule has 0 unspecified atom stereocenters. The van der Waals surface area contributed by atoms with Crippen LogP contribution in [0.15, 0.2) is 0 Å². The van der Waals surface area contributed by atoms with Crippen LogP contribution in [0.3, 0.4) is 0 Å². The fourth-order valence-corrected chi connectivity index (χ4v) is 2.11. The van der Waals surface area contributed by atoms with Gasteiger partial charge in [-0.05, 0) is 24.3 Å². The highest BCUT2D eigenvalue weighted by molar-refractivity contribution is 7.99. The molecule has 0 saturated heterocycles. The average molecular weight is 243 g/mol. The molecule has 0 aromatic carbocycles. The number of thioether (sulfide) groups is 1. The molecule has 0 aliphatic rings. The van der Waals surface area contributed by atoms with Gasteiger partial charge in [0.25, 0.3) is 0 Å². The first-order valence-corrected chi connectivity index (χ1v) is 6.59. The maximum atomic E-state index is 10.9. The van der Waals surface area contributed by atoms with Gasteiger partial charge in [-0.3, -0.25) is 0 Å². The zero-order chi connectivity index (χ0) is 12.0. The second-order valence-corrected chi connectivity index (χ2v) is 4.71. The summed E-state index contributed by atoms with van der Waals surface area (Å²) in [6, 6.07) is 0. The second-order valence-electron chi connectivity index (χ2n) is 3.32. The first-order valence-electron chi connectivity index (χ1n) is 5.44. The lowest BCUT2D eigenvalue weighted by molar-refractivity contribution is 0.0689. The molecule has 0 bridgehead atoms. The van der Waals surface area contributed by atoms with Gasteiger partial charge in [0, 0.05) is 6.54 Å². The molecule has 0 amide bonds. The number of aromatic nitrogens is 3. The average Bonchev–Trinajstić information content (AvgIpc) is 2.67. The number of hydrogen-bond acceptors (Lipinski definition) is 4. The molecule has 1 rings (SSSR count). The number of nitrogens with zero attached hydrogens (tertiary/aromatic N) is 3. The molecule has 0 aliphatic heterocycles. The molecule has 0 aliphatic carbocycles. The van der Waals surface area contributed by atoms with Crippen LogP contribution in [0.1, 0.15) is 36.5 Å². The largest absolute Gasteiger partial charge is 0.476 e. The molecule has 0 radical (unpaired) electrons. The molecule has 1 aromatic rings. The Morgan fingerprint density at radius 3 is 2.81 bits per heavy atom. The van der Waals surface area contributed by atoms with Crippen LogP contribution in [-0.4, -0.2) is 37.6 Å². The van der Waals surface area contributed by atoms with Gasteiger partial charge in [-0.2, -0.15) is 11.8 Å². The van der Waals surface area contributed by atoms with E-state index in [-0.39, 0.29) is 5.69 Å². The molecule has 1 heterocycles. The van der Waals surface area contributed by atoms with E-state index in [4.69, 9.17) is 5.11 Å². The third kappa shape index (κ3) is 3.23. The highest BCUT2D eigenvalue weighted by Crippen LogP contribution is 2.09. The Hall–Kier alpha value is -1.04. The molecule has 1 N–H and O–H groups in total. The number of aromatic carboxylic acids is 1. The predicted octanol–water partition coefficient (Wildman–Crippen LogP) is 1.68. The Labute approximate surface area is 99.2 Å². The van der Waals surface area contributed by atoms with Gasteiger partial charge >= 0.3 is 5.97 Å². The van der Waals surface area contributed by atoms with Crippen molar-refractivity contribution in [2.45, 2.75) is 33.2 Å². The summed E-state index contributed by atoms with van der Waals surface area (Å²) >= 11 is 1.88. The van der Waals surface area contributed by atoms with Crippen LogP contribution in [0, 0.1) is 0 Å². The van der Waals surface area contributed by atoms with Gasteiger partial charge in [-0.15, -0.1) is 5.10 Å². The Kier molecular flexibility index (Phi) is 5.31. The quantitative estimate of drug-likeness (QED) is 0.738. The minimum absolute atomic E-state index is 0.0886. The number of rotatable bonds is 7. The number of carboxylic acid groups (broad SMARTS) is 1. The number of carbonyl (C=O) groups is 1. The molecule has 90 valence electrons. The van der Waals surface area contributed by atoms with Gasteiger partial charge in [0.05, 0.1) is 5.69 Å². The Bertz CT molecular complexity index is 352. The van der Waals surface area contributed by atoms with Gasteiger partial charge in [-0.1, -0.05) is 19.1 Å². The SMILES string of the molecule is CCSCCCn1nnc(C(=O)O)c1CC. The molecule has 0 spiro atoms. The predicted molar refractivity (Wildman–Crippen MR) is 64.0 cm³/mol. The van der Waals surface area contributed by atoms with Crippen molar-refractivity contribution >= 4 is 17.7 Å². The molecular weight excluding hydrogens is 226 g/mol. The summed E-state index contributed by atoms with van der Waals surface area (Å²) in [4.78, 5) is 10.9. The van der Waals surface area contributed by atoms with Gasteiger partial charge in [0.2, 0.25) is 0 Å². The summed E-state index contributed by atoms with van der Waals surface area (Å²) in [7, 11) is 0. The molecule has 5 nitrogen and oxygen atoms in total. The minimum Gasteiger partial charge on any atom is -0.476 e. The van der Waals surface area contributed by atoms with Crippen molar-refractivity contribution in [2.24, 2.45) is 0 Å². The van der Waals surface area contributed by atoms with E-state index in [0.717, 1.165) is 24.5 Å². The standard InChI is InChI=1S/C10H17N3O2S/c1-3-8-9(10(14)15)11-12-13(8)6-5-7-16-4-2/h3-7H2,1-2H3,(H,14,15). The van der Waals surface area contributed by atoms with E-state index < -0.39 is 5.97 Å². The topological polar surface area (TPSA) is 68.0 Å². The number of aryl methyl sites for hydroxylation is 1. The van der Waals surface area contributed by atoms with Crippen molar-refractivity contribution in [3.8, 4) is 0 Å². The summed E-state index contributed by atoms with van der Waals surface area (Å²) in [5.41, 5.74) is 0.805. The van der Waals surface area contributed by atoms with Crippen molar-refractivity contribution in [3.05, 3.63) is 11.4 Å². The van der Waals surface area contributed by atoms with Crippen LogP contribution >= 0.6 is 11.8 Å². The first-order chi connectivity index (χ1) is 7.70. The first kappa shape index (κ1) is 13.0. The monoisotopic (exact) mass is 243 g/mol. The van der Waals surface area contributed by atoms with E-state index in [1.54, 1.807) is 4.68 Å². The van der Waals surface area contributed by atoms with Crippen LogP contribution < -0.4 is 0 Å². The molecule has 0 fully saturated rings. The highest BCUT2D eigenvalue weighted by Gasteiger charge is 2.16. The third-order valence-corrected chi connectivity index (χ3v) is 3.22. The number of carboxylic acids is 1. The van der Waals surface area contributed by atoms with E-state index in [1.165, 1.54) is 0 Å². The summed E-state index contributed by atoms with van der Waals surface area (Å²) in [6.45, 7) is 4.79. The molecular formula is C10H17N3O2S. The van der Waals surface area contributed by atoms with Crippen LogP contribution in [0.5, 0.6) is 0 Å². The molecule has 0 atom stereocenters. The van der Waals surface area contributed by atoms with Crippen LogP contribution in [0.25, 0.3) is 0 Å². The van der Waals surface area contributed by atoms with Crippen LogP contribution in [0.4, 0.5) is 0 Å². The van der Waals surface area contributed by atoms with Crippen LogP contribution in [0.2, 0.25) is 0 Å². The fraction of sp³-hybridized carbons (Fsp3) is 0.700. The Balaban J connectivity index is 2.62. The van der Waals surface area contributed by atoms with Crippen molar-refractivity contribution in [3.63, 3.8) is 0 Å². The summed E-state index contributed by atoms with van der Waals surface area (Å²) in [6.07, 6.45) is 1.64. The minimum atomic E-state index is -0.994. The normalized spacial score (nSPS) is 10.6. The molecule has 16 heavy (non-hydrogen) atoms. The third-order valence-electron chi connectivity index (χ3n) is 2.24. The smallest absolute Gasteiger partial charge is 0.358 e. The highest BCUT2D eigenvalue weighted by atomic mass is 32.2. The lowest BCUT2D eigenvalue weighted by atomic mass is 10.2. The molecule has 1 aromatic heterocycles. The zero-order valence-electron chi connectivity index (χ0n) is 9.64. The molecule has 6 heteroatoms. The van der Waals surface area contributed by atoms with Gasteiger partial charge in [0.15, 0.2) is 5.69 Å². The lowest BCUT2D eigenvalue weighted by Crippen LogP contribution is -2.08. The van der Waals surface area contributed by atoms with Crippen molar-refractivity contribution in [1.82, 2.24) is 15.0 Å². The van der Waals surface area contributed by atoms with E-state index >= 15 is 0 Å². The van der Waals surface area contributed by atoms with E-state index in [2.05, 4.69) is 17.2 Å². The number of hydrogen-bond donors (Lipinski definition) is 1. The van der Waals surface area contributed by atoms with E-state index in [9.17, 15) is 4.79 Å². The Morgan fingerprint density at radius 1 is 1.50 bits per heavy atom. The fourth-order valence-electron chi connectivity index (χ4n) is 1.49. The van der Waals surface area contributed by atoms with E-state index in [0.29, 0.717) is 12.1 Å². The lowest BCUT2D eigenvalue weighted by Gasteiger charge is -2.04. The van der Waals surface area contributed by atoms with Crippen molar-refractivity contribution in [2.75, 3.05) is 11.5 Å². The zero-order valence-corrected chi connectivity index (χ0v) is 10.5. The van der Waals surface area contributed by atoms with Crippen molar-refractivity contribution < 1.29 is 9.90 Å². The van der Waals surface area contributed by atoms with Crippen LogP contribution in [-0.2, 0) is 13.0 Å². The summed E-state index contributed by atoms with van der Waals surface area (Å²) < 4.78 is 1.71. The molecule has 0 saturated carbocycles.